The van der Waals surface area contributed by atoms with Crippen LogP contribution in [-0.2, 0) is 14.4 Å². The van der Waals surface area contributed by atoms with Crippen molar-refractivity contribution in [1.82, 2.24) is 10.9 Å². The number of hydrazine groups is 1. The SMILES string of the molecule is CSCC[C@H](NN[C@@H](CC(N)=O)C(=O)O)C(=O)O. The normalized spacial score (nSPS) is 13.8. The molecule has 18 heavy (non-hydrogen) atoms. The van der Waals surface area contributed by atoms with Crippen LogP contribution in [-0.4, -0.2) is 52.2 Å². The summed E-state index contributed by atoms with van der Waals surface area (Å²) in [5, 5.41) is 17.7. The monoisotopic (exact) mass is 279 g/mol. The number of carboxylic acid groups (broad SMARTS) is 2. The van der Waals surface area contributed by atoms with Gasteiger partial charge in [-0.25, -0.2) is 10.9 Å². The lowest BCUT2D eigenvalue weighted by Gasteiger charge is -2.18. The molecule has 0 spiro atoms. The highest BCUT2D eigenvalue weighted by atomic mass is 32.2. The molecule has 0 aromatic heterocycles. The Balaban J connectivity index is 4.31. The van der Waals surface area contributed by atoms with Crippen LogP contribution in [0.15, 0.2) is 0 Å². The molecule has 2 atom stereocenters. The smallest absolute Gasteiger partial charge is 0.322 e. The summed E-state index contributed by atoms with van der Waals surface area (Å²) in [6.45, 7) is 0. The average molecular weight is 279 g/mol. The van der Waals surface area contributed by atoms with Gasteiger partial charge in [0.25, 0.3) is 0 Å². The van der Waals surface area contributed by atoms with Crippen molar-refractivity contribution >= 4 is 29.6 Å². The fraction of sp³-hybridized carbons (Fsp3) is 0.667. The van der Waals surface area contributed by atoms with Crippen molar-refractivity contribution in [2.45, 2.75) is 24.9 Å². The molecule has 0 aromatic carbocycles. The molecule has 0 fully saturated rings. The summed E-state index contributed by atoms with van der Waals surface area (Å²) in [5.74, 6) is -2.55. The maximum Gasteiger partial charge on any atom is 0.322 e. The Morgan fingerprint density at radius 3 is 2.06 bits per heavy atom. The van der Waals surface area contributed by atoms with Gasteiger partial charge in [-0.05, 0) is 18.4 Å². The van der Waals surface area contributed by atoms with Crippen LogP contribution in [0.3, 0.4) is 0 Å². The molecule has 0 aliphatic carbocycles. The molecule has 0 heterocycles. The summed E-state index contributed by atoms with van der Waals surface area (Å²) in [7, 11) is 0. The molecule has 1 amide bonds. The molecule has 0 aliphatic rings. The third-order valence-corrected chi connectivity index (χ3v) is 2.69. The van der Waals surface area contributed by atoms with E-state index < -0.39 is 36.4 Å². The predicted molar refractivity (Wildman–Crippen MR) is 65.9 cm³/mol. The Labute approximate surface area is 108 Å². The lowest BCUT2D eigenvalue weighted by molar-refractivity contribution is -0.143. The molecule has 104 valence electrons. The van der Waals surface area contributed by atoms with Crippen molar-refractivity contribution in [3.8, 4) is 0 Å². The van der Waals surface area contributed by atoms with Gasteiger partial charge in [-0.15, -0.1) is 0 Å². The van der Waals surface area contributed by atoms with Gasteiger partial charge in [0.15, 0.2) is 0 Å². The molecule has 0 aromatic rings. The van der Waals surface area contributed by atoms with E-state index in [1.165, 1.54) is 11.8 Å². The molecule has 8 nitrogen and oxygen atoms in total. The molecule has 0 saturated heterocycles. The number of nitrogens with one attached hydrogen (secondary N) is 2. The molecule has 0 bridgehead atoms. The van der Waals surface area contributed by atoms with Gasteiger partial charge in [0.2, 0.25) is 5.91 Å². The van der Waals surface area contributed by atoms with Gasteiger partial charge in [0.1, 0.15) is 12.1 Å². The number of hydrogen-bond donors (Lipinski definition) is 5. The van der Waals surface area contributed by atoms with Crippen LogP contribution in [0.5, 0.6) is 0 Å². The van der Waals surface area contributed by atoms with Crippen LogP contribution in [0.25, 0.3) is 0 Å². The first-order valence-corrected chi connectivity index (χ1v) is 6.51. The highest BCUT2D eigenvalue weighted by molar-refractivity contribution is 7.98. The highest BCUT2D eigenvalue weighted by Crippen LogP contribution is 2.00. The highest BCUT2D eigenvalue weighted by Gasteiger charge is 2.23. The molecule has 6 N–H and O–H groups in total. The topological polar surface area (TPSA) is 142 Å². The zero-order valence-corrected chi connectivity index (χ0v) is 10.7. The summed E-state index contributed by atoms with van der Waals surface area (Å²) < 4.78 is 0. The molecule has 0 unspecified atom stereocenters. The first-order valence-electron chi connectivity index (χ1n) is 5.12. The Hall–Kier alpha value is -1.32. The van der Waals surface area contributed by atoms with Crippen LogP contribution in [0.2, 0.25) is 0 Å². The van der Waals surface area contributed by atoms with Crippen molar-refractivity contribution in [2.75, 3.05) is 12.0 Å². The van der Waals surface area contributed by atoms with E-state index in [-0.39, 0.29) is 0 Å². The van der Waals surface area contributed by atoms with E-state index in [4.69, 9.17) is 15.9 Å². The average Bonchev–Trinajstić information content (AvgIpc) is 2.26. The minimum absolute atomic E-state index is 0.326. The Morgan fingerprint density at radius 2 is 1.67 bits per heavy atom. The minimum atomic E-state index is -1.28. The number of carbonyl (C=O) groups is 3. The zero-order valence-electron chi connectivity index (χ0n) is 9.88. The van der Waals surface area contributed by atoms with E-state index in [1.807, 2.05) is 6.26 Å². The standard InChI is InChI=1S/C9H17N3O5S/c1-18-3-2-5(8(14)15)11-12-6(9(16)17)4-7(10)13/h5-6,11-12H,2-4H2,1H3,(H2,10,13)(H,14,15)(H,16,17)/t5-,6-/m0/s1. The number of nitrogens with two attached hydrogens (primary N) is 1. The first-order chi connectivity index (χ1) is 8.38. The Bertz CT molecular complexity index is 313. The summed E-state index contributed by atoms with van der Waals surface area (Å²) in [4.78, 5) is 32.3. The molecular formula is C9H17N3O5S. The lowest BCUT2D eigenvalue weighted by atomic mass is 10.2. The molecule has 0 saturated carbocycles. The Morgan fingerprint density at radius 1 is 1.17 bits per heavy atom. The van der Waals surface area contributed by atoms with E-state index in [2.05, 4.69) is 10.9 Å². The van der Waals surface area contributed by atoms with Crippen LogP contribution >= 0.6 is 11.8 Å². The number of thioether (sulfide) groups is 1. The second kappa shape index (κ2) is 8.72. The molecule has 0 radical (unpaired) electrons. The third kappa shape index (κ3) is 7.09. The van der Waals surface area contributed by atoms with Gasteiger partial charge in [-0.2, -0.15) is 11.8 Å². The number of hydrogen-bond acceptors (Lipinski definition) is 6. The minimum Gasteiger partial charge on any atom is -0.480 e. The molecule has 0 rings (SSSR count). The van der Waals surface area contributed by atoms with Crippen LogP contribution < -0.4 is 16.6 Å². The van der Waals surface area contributed by atoms with Gasteiger partial charge in [0.05, 0.1) is 6.42 Å². The fourth-order valence-electron chi connectivity index (χ4n) is 1.10. The number of carbonyl (C=O) groups excluding carboxylic acids is 1. The van der Waals surface area contributed by atoms with Gasteiger partial charge in [0, 0.05) is 0 Å². The summed E-state index contributed by atoms with van der Waals surface area (Å²) in [5.41, 5.74) is 9.58. The Kier molecular flexibility index (Phi) is 8.08. The fourth-order valence-corrected chi connectivity index (χ4v) is 1.57. The van der Waals surface area contributed by atoms with Crippen molar-refractivity contribution in [2.24, 2.45) is 5.73 Å². The lowest BCUT2D eigenvalue weighted by Crippen LogP contribution is -2.53. The van der Waals surface area contributed by atoms with Gasteiger partial charge in [-0.3, -0.25) is 14.4 Å². The van der Waals surface area contributed by atoms with Crippen molar-refractivity contribution in [1.29, 1.82) is 0 Å². The zero-order chi connectivity index (χ0) is 14.1. The summed E-state index contributed by atoms with van der Waals surface area (Å²) in [6.07, 6.45) is 1.74. The molecule has 0 aliphatic heterocycles. The van der Waals surface area contributed by atoms with E-state index in [0.717, 1.165) is 0 Å². The van der Waals surface area contributed by atoms with Gasteiger partial charge < -0.3 is 15.9 Å². The largest absolute Gasteiger partial charge is 0.480 e. The second-order valence-electron chi connectivity index (χ2n) is 3.52. The van der Waals surface area contributed by atoms with E-state index in [1.54, 1.807) is 0 Å². The number of rotatable bonds is 10. The number of aliphatic carboxylic acids is 2. The summed E-state index contributed by atoms with van der Waals surface area (Å²) >= 11 is 1.48. The van der Waals surface area contributed by atoms with Crippen LogP contribution in [0.4, 0.5) is 0 Å². The van der Waals surface area contributed by atoms with E-state index >= 15 is 0 Å². The van der Waals surface area contributed by atoms with Crippen molar-refractivity contribution < 1.29 is 24.6 Å². The third-order valence-electron chi connectivity index (χ3n) is 2.04. The van der Waals surface area contributed by atoms with E-state index in [9.17, 15) is 14.4 Å². The number of primary amides is 1. The van der Waals surface area contributed by atoms with Crippen molar-refractivity contribution in [3.05, 3.63) is 0 Å². The second-order valence-corrected chi connectivity index (χ2v) is 4.51. The molecular weight excluding hydrogens is 262 g/mol. The van der Waals surface area contributed by atoms with Crippen LogP contribution in [0.1, 0.15) is 12.8 Å². The van der Waals surface area contributed by atoms with Crippen LogP contribution in [0, 0.1) is 0 Å². The van der Waals surface area contributed by atoms with Gasteiger partial charge >= 0.3 is 11.9 Å². The summed E-state index contributed by atoms with van der Waals surface area (Å²) in [6, 6.07) is -2.18. The predicted octanol–water partition coefficient (Wildman–Crippen LogP) is -1.38. The quantitative estimate of drug-likeness (QED) is 0.308. The number of amides is 1. The maximum absolute atomic E-state index is 10.9. The van der Waals surface area contributed by atoms with E-state index in [0.29, 0.717) is 12.2 Å². The molecule has 9 heteroatoms. The maximum atomic E-state index is 10.9. The first kappa shape index (κ1) is 16.7. The van der Waals surface area contributed by atoms with Crippen molar-refractivity contribution in [3.63, 3.8) is 0 Å². The number of carboxylic acids is 2. The van der Waals surface area contributed by atoms with Gasteiger partial charge in [-0.1, -0.05) is 0 Å².